The summed E-state index contributed by atoms with van der Waals surface area (Å²) in [4.78, 5) is 20.8. The summed E-state index contributed by atoms with van der Waals surface area (Å²) in [5.74, 6) is 1.01. The summed E-state index contributed by atoms with van der Waals surface area (Å²) >= 11 is 0. The first-order chi connectivity index (χ1) is 9.15. The first-order valence-electron chi connectivity index (χ1n) is 5.66. The Morgan fingerprint density at radius 1 is 1.05 bits per heavy atom. The normalized spacial score (nSPS) is 10.8. The predicted octanol–water partition coefficient (Wildman–Crippen LogP) is 0.442. The molecule has 0 saturated heterocycles. The van der Waals surface area contributed by atoms with Crippen molar-refractivity contribution in [2.45, 2.75) is 13.8 Å². The van der Waals surface area contributed by atoms with Crippen molar-refractivity contribution >= 4 is 5.95 Å². The second-order valence-corrected chi connectivity index (χ2v) is 4.05. The largest absolute Gasteiger partial charge is 0.368 e. The lowest BCUT2D eigenvalue weighted by atomic mass is 10.4. The summed E-state index contributed by atoms with van der Waals surface area (Å²) in [6.07, 6.45) is 6.65. The molecule has 0 amide bonds. The van der Waals surface area contributed by atoms with E-state index in [1.165, 1.54) is 0 Å². The lowest BCUT2D eigenvalue weighted by Crippen LogP contribution is -2.10. The molecule has 0 unspecified atom stereocenters. The fraction of sp³-hybridized carbons (Fsp3) is 0.182. The lowest BCUT2D eigenvalue weighted by molar-refractivity contribution is 0.831. The van der Waals surface area contributed by atoms with Crippen LogP contribution in [0.1, 0.15) is 11.4 Å². The third-order valence-corrected chi connectivity index (χ3v) is 2.83. The molecule has 0 aromatic carbocycles. The van der Waals surface area contributed by atoms with Gasteiger partial charge in [0.1, 0.15) is 12.7 Å². The summed E-state index contributed by atoms with van der Waals surface area (Å²) in [5.41, 5.74) is 7.61. The highest BCUT2D eigenvalue weighted by molar-refractivity contribution is 5.31. The molecule has 0 spiro atoms. The van der Waals surface area contributed by atoms with E-state index in [1.807, 2.05) is 13.8 Å². The zero-order valence-corrected chi connectivity index (χ0v) is 10.5. The van der Waals surface area contributed by atoms with E-state index < -0.39 is 0 Å². The Hall–Kier alpha value is -2.77. The summed E-state index contributed by atoms with van der Waals surface area (Å²) < 4.78 is 3.44. The van der Waals surface area contributed by atoms with E-state index in [9.17, 15) is 0 Å². The summed E-state index contributed by atoms with van der Waals surface area (Å²) in [6.45, 7) is 3.87. The molecule has 2 N–H and O–H groups in total. The van der Waals surface area contributed by atoms with E-state index in [2.05, 4.69) is 24.9 Å². The van der Waals surface area contributed by atoms with E-state index >= 15 is 0 Å². The van der Waals surface area contributed by atoms with Crippen LogP contribution in [0.25, 0.3) is 11.9 Å². The maximum Gasteiger partial charge on any atom is 0.241 e. The first kappa shape index (κ1) is 11.3. The van der Waals surface area contributed by atoms with Crippen LogP contribution in [0.3, 0.4) is 0 Å². The third kappa shape index (κ3) is 1.92. The minimum absolute atomic E-state index is 0.152. The molecule has 0 aliphatic rings. The number of imidazole rings is 2. The van der Waals surface area contributed by atoms with E-state index in [-0.39, 0.29) is 5.95 Å². The van der Waals surface area contributed by atoms with Crippen molar-refractivity contribution in [3.63, 3.8) is 0 Å². The highest BCUT2D eigenvalue weighted by Crippen LogP contribution is 2.12. The number of nitrogen functional groups attached to an aromatic ring is 1. The van der Waals surface area contributed by atoms with Gasteiger partial charge >= 0.3 is 0 Å². The van der Waals surface area contributed by atoms with Gasteiger partial charge in [0.25, 0.3) is 0 Å². The van der Waals surface area contributed by atoms with Gasteiger partial charge in [-0.1, -0.05) is 0 Å². The monoisotopic (exact) mass is 256 g/mol. The molecule has 0 fully saturated rings. The number of rotatable bonds is 2. The van der Waals surface area contributed by atoms with Crippen LogP contribution in [0, 0.1) is 13.8 Å². The lowest BCUT2D eigenvalue weighted by Gasteiger charge is -2.06. The maximum atomic E-state index is 5.73. The minimum atomic E-state index is 0.152. The average molecular weight is 256 g/mol. The number of hydrogen-bond donors (Lipinski definition) is 1. The third-order valence-electron chi connectivity index (χ3n) is 2.83. The summed E-state index contributed by atoms with van der Waals surface area (Å²) in [5, 5.41) is 0. The van der Waals surface area contributed by atoms with Gasteiger partial charge in [0.15, 0.2) is 0 Å². The molecule has 19 heavy (non-hydrogen) atoms. The Morgan fingerprint density at radius 2 is 1.84 bits per heavy atom. The van der Waals surface area contributed by atoms with Crippen molar-refractivity contribution in [2.24, 2.45) is 0 Å². The van der Waals surface area contributed by atoms with E-state index in [0.29, 0.717) is 11.9 Å². The standard InChI is InChI=1S/C11H12N8/c1-7-8(2)19(6-14-7)11-16-9(12)15-10(17-11)18-4-3-13-5-18/h3-6H,1-2H3,(H2,12,15,16,17). The Morgan fingerprint density at radius 3 is 2.47 bits per heavy atom. The Labute approximate surface area is 109 Å². The summed E-state index contributed by atoms with van der Waals surface area (Å²) in [7, 11) is 0. The van der Waals surface area contributed by atoms with Gasteiger partial charge in [-0.3, -0.25) is 9.13 Å². The molecule has 3 heterocycles. The van der Waals surface area contributed by atoms with Gasteiger partial charge in [0.05, 0.1) is 5.69 Å². The minimum Gasteiger partial charge on any atom is -0.368 e. The van der Waals surface area contributed by atoms with E-state index in [1.54, 1.807) is 34.2 Å². The molecular weight excluding hydrogens is 244 g/mol. The van der Waals surface area contributed by atoms with Crippen LogP contribution < -0.4 is 5.73 Å². The molecule has 0 bridgehead atoms. The molecule has 0 radical (unpaired) electrons. The maximum absolute atomic E-state index is 5.73. The van der Waals surface area contributed by atoms with Gasteiger partial charge in [0.2, 0.25) is 17.8 Å². The Kier molecular flexibility index (Phi) is 2.48. The molecule has 0 atom stereocenters. The van der Waals surface area contributed by atoms with Crippen molar-refractivity contribution in [1.82, 2.24) is 34.1 Å². The quantitative estimate of drug-likeness (QED) is 0.714. The number of nitrogens with zero attached hydrogens (tertiary/aromatic N) is 7. The highest BCUT2D eigenvalue weighted by Gasteiger charge is 2.11. The molecular formula is C11H12N8. The smallest absolute Gasteiger partial charge is 0.241 e. The van der Waals surface area contributed by atoms with Crippen LogP contribution in [0.2, 0.25) is 0 Å². The SMILES string of the molecule is Cc1ncn(-c2nc(N)nc(-n3ccnc3)n2)c1C. The van der Waals surface area contributed by atoms with Gasteiger partial charge in [-0.15, -0.1) is 0 Å². The van der Waals surface area contributed by atoms with E-state index in [4.69, 9.17) is 5.73 Å². The molecule has 3 aromatic rings. The fourth-order valence-corrected chi connectivity index (χ4v) is 1.67. The van der Waals surface area contributed by atoms with Crippen LogP contribution >= 0.6 is 0 Å². The van der Waals surface area contributed by atoms with Crippen molar-refractivity contribution in [3.05, 3.63) is 36.4 Å². The number of aryl methyl sites for hydroxylation is 1. The van der Waals surface area contributed by atoms with Crippen LogP contribution in [-0.4, -0.2) is 34.1 Å². The number of anilines is 1. The van der Waals surface area contributed by atoms with Gasteiger partial charge in [-0.2, -0.15) is 15.0 Å². The van der Waals surface area contributed by atoms with Crippen LogP contribution in [0.4, 0.5) is 5.95 Å². The average Bonchev–Trinajstić information content (AvgIpc) is 3.01. The molecule has 3 rings (SSSR count). The zero-order chi connectivity index (χ0) is 13.4. The number of nitrogens with two attached hydrogens (primary N) is 1. The fourth-order valence-electron chi connectivity index (χ4n) is 1.67. The second-order valence-electron chi connectivity index (χ2n) is 4.05. The van der Waals surface area contributed by atoms with Crippen molar-refractivity contribution in [3.8, 4) is 11.9 Å². The second kappa shape index (κ2) is 4.16. The molecule has 8 nitrogen and oxygen atoms in total. The Balaban J connectivity index is 2.15. The van der Waals surface area contributed by atoms with Gasteiger partial charge < -0.3 is 5.73 Å². The number of aromatic nitrogens is 7. The van der Waals surface area contributed by atoms with Crippen LogP contribution in [-0.2, 0) is 0 Å². The van der Waals surface area contributed by atoms with Crippen molar-refractivity contribution in [2.75, 3.05) is 5.73 Å². The van der Waals surface area contributed by atoms with Crippen molar-refractivity contribution < 1.29 is 0 Å². The molecule has 96 valence electrons. The summed E-state index contributed by atoms with van der Waals surface area (Å²) in [6, 6.07) is 0. The van der Waals surface area contributed by atoms with Gasteiger partial charge in [-0.05, 0) is 13.8 Å². The highest BCUT2D eigenvalue weighted by atomic mass is 15.3. The molecule has 3 aromatic heterocycles. The molecule has 0 saturated carbocycles. The number of hydrogen-bond acceptors (Lipinski definition) is 6. The zero-order valence-electron chi connectivity index (χ0n) is 10.5. The molecule has 8 heteroatoms. The Bertz CT molecular complexity index is 712. The molecule has 0 aliphatic heterocycles. The van der Waals surface area contributed by atoms with E-state index in [0.717, 1.165) is 11.4 Å². The first-order valence-corrected chi connectivity index (χ1v) is 5.66. The predicted molar refractivity (Wildman–Crippen MR) is 68.0 cm³/mol. The van der Waals surface area contributed by atoms with Gasteiger partial charge in [0, 0.05) is 18.1 Å². The van der Waals surface area contributed by atoms with Crippen LogP contribution in [0.15, 0.2) is 25.0 Å². The van der Waals surface area contributed by atoms with Crippen molar-refractivity contribution in [1.29, 1.82) is 0 Å². The van der Waals surface area contributed by atoms with Gasteiger partial charge in [-0.25, -0.2) is 9.97 Å². The van der Waals surface area contributed by atoms with Crippen LogP contribution in [0.5, 0.6) is 0 Å². The topological polar surface area (TPSA) is 100 Å². The molecule has 0 aliphatic carbocycles.